The first-order valence-electron chi connectivity index (χ1n) is 5.49. The highest BCUT2D eigenvalue weighted by Gasteiger charge is 2.19. The lowest BCUT2D eigenvalue weighted by molar-refractivity contribution is 0.102. The Balaban J connectivity index is 2.73. The van der Waals surface area contributed by atoms with Gasteiger partial charge in [0, 0.05) is 12.1 Å². The molecule has 0 radical (unpaired) electrons. The van der Waals surface area contributed by atoms with Gasteiger partial charge < -0.3 is 10.8 Å². The summed E-state index contributed by atoms with van der Waals surface area (Å²) in [5.41, 5.74) is 7.47. The van der Waals surface area contributed by atoms with Crippen molar-refractivity contribution in [2.45, 2.75) is 32.8 Å². The molecule has 1 aromatic rings. The van der Waals surface area contributed by atoms with E-state index in [9.17, 15) is 5.11 Å². The van der Waals surface area contributed by atoms with E-state index in [1.165, 1.54) is 0 Å². The van der Waals surface area contributed by atoms with E-state index < -0.39 is 6.10 Å². The maximum absolute atomic E-state index is 10.1. The minimum Gasteiger partial charge on any atom is -0.386 e. The second-order valence-corrected chi connectivity index (χ2v) is 3.99. The average Bonchev–Trinajstić information content (AvgIpc) is 2.26. The van der Waals surface area contributed by atoms with Crippen molar-refractivity contribution in [2.24, 2.45) is 11.7 Å². The number of rotatable bonds is 5. The number of aliphatic hydroxyl groups excluding tert-OH is 1. The van der Waals surface area contributed by atoms with Crippen molar-refractivity contribution < 1.29 is 5.11 Å². The second kappa shape index (κ2) is 5.83. The van der Waals surface area contributed by atoms with E-state index in [0.29, 0.717) is 6.54 Å². The third-order valence-electron chi connectivity index (χ3n) is 2.65. The van der Waals surface area contributed by atoms with Gasteiger partial charge in [0.2, 0.25) is 0 Å². The summed E-state index contributed by atoms with van der Waals surface area (Å²) >= 11 is 0. The van der Waals surface area contributed by atoms with Crippen LogP contribution in [0.2, 0.25) is 0 Å². The molecule has 0 spiro atoms. The Kier molecular flexibility index (Phi) is 4.72. The zero-order valence-corrected chi connectivity index (χ0v) is 9.48. The predicted octanol–water partition coefficient (Wildman–Crippen LogP) is 1.80. The summed E-state index contributed by atoms with van der Waals surface area (Å²) in [5, 5.41) is 10.1. The zero-order chi connectivity index (χ0) is 11.3. The van der Waals surface area contributed by atoms with Crippen LogP contribution in [0.1, 0.15) is 37.1 Å². The van der Waals surface area contributed by atoms with Crippen LogP contribution in [0.3, 0.4) is 0 Å². The smallest absolute Gasteiger partial charge is 0.0999 e. The Morgan fingerprint density at radius 1 is 1.47 bits per heavy atom. The van der Waals surface area contributed by atoms with Gasteiger partial charge in [0.1, 0.15) is 0 Å². The third-order valence-corrected chi connectivity index (χ3v) is 2.65. The van der Waals surface area contributed by atoms with Crippen LogP contribution in [0.25, 0.3) is 0 Å². The van der Waals surface area contributed by atoms with E-state index in [1.54, 1.807) is 6.20 Å². The molecule has 0 saturated carbocycles. The van der Waals surface area contributed by atoms with E-state index in [1.807, 2.05) is 19.1 Å². The largest absolute Gasteiger partial charge is 0.386 e. The molecule has 1 aromatic heterocycles. The molecule has 0 fully saturated rings. The summed E-state index contributed by atoms with van der Waals surface area (Å²) in [7, 11) is 0. The summed E-state index contributed by atoms with van der Waals surface area (Å²) in [5.74, 6) is 0.116. The van der Waals surface area contributed by atoms with Crippen LogP contribution >= 0.6 is 0 Å². The second-order valence-electron chi connectivity index (χ2n) is 3.99. The minimum absolute atomic E-state index is 0.116. The number of hydrogen-bond donors (Lipinski definition) is 2. The normalized spacial score (nSPS) is 14.9. The highest BCUT2D eigenvalue weighted by Crippen LogP contribution is 2.23. The molecule has 1 heterocycles. The standard InChI is InChI=1S/C12H20N2O/c1-3-4-10(7-13)12(15)11-6-5-9(2)8-14-11/h5-6,8,10,12,15H,3-4,7,13H2,1-2H3. The molecule has 0 aliphatic heterocycles. The molecule has 0 saturated heterocycles. The fourth-order valence-electron chi connectivity index (χ4n) is 1.67. The van der Waals surface area contributed by atoms with Gasteiger partial charge in [0.05, 0.1) is 11.8 Å². The van der Waals surface area contributed by atoms with Crippen LogP contribution in [0.5, 0.6) is 0 Å². The molecule has 2 atom stereocenters. The number of aliphatic hydroxyl groups is 1. The maximum atomic E-state index is 10.1. The Labute approximate surface area is 91.3 Å². The first-order chi connectivity index (χ1) is 7.19. The molecule has 3 nitrogen and oxygen atoms in total. The molecule has 1 rings (SSSR count). The summed E-state index contributed by atoms with van der Waals surface area (Å²) < 4.78 is 0. The van der Waals surface area contributed by atoms with Gasteiger partial charge in [-0.05, 0) is 31.5 Å². The molecule has 3 N–H and O–H groups in total. The molecule has 0 aliphatic carbocycles. The van der Waals surface area contributed by atoms with Crippen LogP contribution in [-0.2, 0) is 0 Å². The van der Waals surface area contributed by atoms with Gasteiger partial charge in [-0.2, -0.15) is 0 Å². The van der Waals surface area contributed by atoms with Crippen molar-refractivity contribution in [3.63, 3.8) is 0 Å². The van der Waals surface area contributed by atoms with Gasteiger partial charge in [-0.1, -0.05) is 19.4 Å². The topological polar surface area (TPSA) is 59.1 Å². The van der Waals surface area contributed by atoms with Gasteiger partial charge in [-0.3, -0.25) is 4.98 Å². The van der Waals surface area contributed by atoms with Gasteiger partial charge in [-0.15, -0.1) is 0 Å². The van der Waals surface area contributed by atoms with Gasteiger partial charge in [-0.25, -0.2) is 0 Å². The molecule has 15 heavy (non-hydrogen) atoms. The molecule has 0 aromatic carbocycles. The molecule has 84 valence electrons. The molecular weight excluding hydrogens is 188 g/mol. The minimum atomic E-state index is -0.532. The van der Waals surface area contributed by atoms with Gasteiger partial charge in [0.15, 0.2) is 0 Å². The van der Waals surface area contributed by atoms with E-state index in [-0.39, 0.29) is 5.92 Å². The SMILES string of the molecule is CCCC(CN)C(O)c1ccc(C)cn1. The number of hydrogen-bond acceptors (Lipinski definition) is 3. The van der Waals surface area contributed by atoms with Crippen LogP contribution < -0.4 is 5.73 Å². The molecule has 0 aliphatic rings. The van der Waals surface area contributed by atoms with E-state index in [4.69, 9.17) is 5.73 Å². The average molecular weight is 208 g/mol. The quantitative estimate of drug-likeness (QED) is 0.775. The Bertz CT molecular complexity index is 284. The fraction of sp³-hybridized carbons (Fsp3) is 0.583. The van der Waals surface area contributed by atoms with Gasteiger partial charge >= 0.3 is 0 Å². The molecule has 0 bridgehead atoms. The van der Waals surface area contributed by atoms with E-state index in [2.05, 4.69) is 11.9 Å². The van der Waals surface area contributed by atoms with Crippen LogP contribution in [0, 0.1) is 12.8 Å². The Hall–Kier alpha value is -0.930. The lowest BCUT2D eigenvalue weighted by atomic mass is 9.94. The van der Waals surface area contributed by atoms with Crippen molar-refractivity contribution in [1.82, 2.24) is 4.98 Å². The summed E-state index contributed by atoms with van der Waals surface area (Å²) in [6.07, 6.45) is 3.21. The number of pyridine rings is 1. The van der Waals surface area contributed by atoms with Crippen LogP contribution in [0.4, 0.5) is 0 Å². The molecular formula is C12H20N2O. The summed E-state index contributed by atoms with van der Waals surface area (Å²) in [6, 6.07) is 3.84. The maximum Gasteiger partial charge on any atom is 0.0999 e. The third kappa shape index (κ3) is 3.29. The van der Waals surface area contributed by atoms with Gasteiger partial charge in [0.25, 0.3) is 0 Å². The van der Waals surface area contributed by atoms with Crippen molar-refractivity contribution in [1.29, 1.82) is 0 Å². The summed E-state index contributed by atoms with van der Waals surface area (Å²) in [6.45, 7) is 4.58. The zero-order valence-electron chi connectivity index (χ0n) is 9.48. The van der Waals surface area contributed by atoms with Crippen molar-refractivity contribution in [3.05, 3.63) is 29.6 Å². The molecule has 0 amide bonds. The molecule has 2 unspecified atom stereocenters. The van der Waals surface area contributed by atoms with Crippen LogP contribution in [0.15, 0.2) is 18.3 Å². The predicted molar refractivity (Wildman–Crippen MR) is 61.4 cm³/mol. The highest BCUT2D eigenvalue weighted by molar-refractivity contribution is 5.14. The number of nitrogens with two attached hydrogens (primary N) is 1. The van der Waals surface area contributed by atoms with E-state index in [0.717, 1.165) is 24.1 Å². The molecule has 3 heteroatoms. The lowest BCUT2D eigenvalue weighted by Crippen LogP contribution is -2.22. The number of aromatic nitrogens is 1. The lowest BCUT2D eigenvalue weighted by Gasteiger charge is -2.20. The van der Waals surface area contributed by atoms with Crippen LogP contribution in [-0.4, -0.2) is 16.6 Å². The Morgan fingerprint density at radius 3 is 2.67 bits per heavy atom. The van der Waals surface area contributed by atoms with E-state index >= 15 is 0 Å². The van der Waals surface area contributed by atoms with Crippen molar-refractivity contribution in [2.75, 3.05) is 6.54 Å². The fourth-order valence-corrected chi connectivity index (χ4v) is 1.67. The van der Waals surface area contributed by atoms with Crippen molar-refractivity contribution in [3.8, 4) is 0 Å². The first-order valence-corrected chi connectivity index (χ1v) is 5.49. The van der Waals surface area contributed by atoms with Crippen molar-refractivity contribution >= 4 is 0 Å². The number of aryl methyl sites for hydroxylation is 1. The summed E-state index contributed by atoms with van der Waals surface area (Å²) in [4.78, 5) is 4.22. The first kappa shape index (κ1) is 12.1. The monoisotopic (exact) mass is 208 g/mol. The highest BCUT2D eigenvalue weighted by atomic mass is 16.3. The number of nitrogens with zero attached hydrogens (tertiary/aromatic N) is 1. The Morgan fingerprint density at radius 2 is 2.20 bits per heavy atom.